The van der Waals surface area contributed by atoms with Gasteiger partial charge in [-0.05, 0) is 77.4 Å². The Morgan fingerprint density at radius 1 is 0.827 bits per heavy atom. The summed E-state index contributed by atoms with van der Waals surface area (Å²) in [5, 5.41) is 22.0. The second kappa shape index (κ2) is 17.0. The second-order valence-electron chi connectivity index (χ2n) is 14.0. The molecule has 14 nitrogen and oxygen atoms in total. The van der Waals surface area contributed by atoms with Crippen molar-refractivity contribution in [2.45, 2.75) is 69.6 Å². The minimum absolute atomic E-state index is 0.0128. The lowest BCUT2D eigenvalue weighted by atomic mass is 10.0. The first-order chi connectivity index (χ1) is 25.0. The number of urea groups is 1. The quantitative estimate of drug-likeness (QED) is 0.344. The van der Waals surface area contributed by atoms with Gasteiger partial charge in [0.2, 0.25) is 5.91 Å². The molecule has 52 heavy (non-hydrogen) atoms. The van der Waals surface area contributed by atoms with E-state index in [-0.39, 0.29) is 54.9 Å². The van der Waals surface area contributed by atoms with Crippen molar-refractivity contribution in [3.63, 3.8) is 0 Å². The van der Waals surface area contributed by atoms with Crippen LogP contribution in [0.3, 0.4) is 0 Å². The number of amides is 5. The number of hydrogen-bond acceptors (Lipinski definition) is 8. The van der Waals surface area contributed by atoms with Crippen molar-refractivity contribution in [1.29, 1.82) is 0 Å². The molecule has 5 amide bonds. The number of para-hydroxylation sites is 1. The number of piperidine rings is 2. The zero-order valence-corrected chi connectivity index (χ0v) is 30.8. The van der Waals surface area contributed by atoms with Crippen molar-refractivity contribution < 1.29 is 38.9 Å². The third-order valence-electron chi connectivity index (χ3n) is 10.8. The third kappa shape index (κ3) is 9.16. The summed E-state index contributed by atoms with van der Waals surface area (Å²) >= 11 is 3.34. The van der Waals surface area contributed by atoms with E-state index < -0.39 is 18.2 Å². The molecule has 0 radical (unpaired) electrons. The van der Waals surface area contributed by atoms with Crippen LogP contribution >= 0.6 is 15.9 Å². The predicted octanol–water partition coefficient (Wildman–Crippen LogP) is 3.76. The topological polar surface area (TPSA) is 163 Å². The highest BCUT2D eigenvalue weighted by atomic mass is 79.9. The summed E-state index contributed by atoms with van der Waals surface area (Å²) in [5.41, 5.74) is 2.66. The lowest BCUT2D eigenvalue weighted by molar-refractivity contribution is -0.143. The van der Waals surface area contributed by atoms with Gasteiger partial charge in [-0.3, -0.25) is 19.3 Å². The zero-order chi connectivity index (χ0) is 36.8. The van der Waals surface area contributed by atoms with Crippen molar-refractivity contribution in [1.82, 2.24) is 24.5 Å². The minimum atomic E-state index is -1.07. The number of aliphatic carboxylic acids is 1. The highest BCUT2D eigenvalue weighted by Crippen LogP contribution is 2.28. The van der Waals surface area contributed by atoms with Crippen LogP contribution in [0.1, 0.15) is 49.7 Å². The number of rotatable bonds is 9. The summed E-state index contributed by atoms with van der Waals surface area (Å²) in [4.78, 5) is 73.2. The monoisotopic (exact) mass is 782 g/mol. The van der Waals surface area contributed by atoms with Crippen LogP contribution in [0.25, 0.3) is 0 Å². The molecule has 0 unspecified atom stereocenters. The van der Waals surface area contributed by atoms with Crippen LogP contribution < -0.4 is 5.32 Å². The number of hydrogen-bond donors (Lipinski definition) is 3. The van der Waals surface area contributed by atoms with E-state index in [1.165, 1.54) is 6.07 Å². The molecule has 2 aromatic carbocycles. The molecule has 4 aliphatic heterocycles. The summed E-state index contributed by atoms with van der Waals surface area (Å²) in [5.74, 6) is -1.31. The molecule has 0 saturated carbocycles. The molecule has 15 heteroatoms. The summed E-state index contributed by atoms with van der Waals surface area (Å²) in [6, 6.07) is 12.9. The fraction of sp³-hybridized carbons (Fsp3) is 0.541. The molecule has 0 aliphatic carbocycles. The van der Waals surface area contributed by atoms with E-state index in [1.807, 2.05) is 29.2 Å². The van der Waals surface area contributed by atoms with Crippen LogP contribution in [-0.4, -0.2) is 142 Å². The van der Waals surface area contributed by atoms with Crippen LogP contribution in [0.5, 0.6) is 5.75 Å². The Kier molecular flexibility index (Phi) is 12.2. The van der Waals surface area contributed by atoms with Gasteiger partial charge in [0.05, 0.1) is 10.9 Å². The van der Waals surface area contributed by atoms with Gasteiger partial charge in [-0.2, -0.15) is 0 Å². The number of phenols is 1. The Bertz CT molecular complexity index is 1640. The number of piperazine rings is 1. The molecule has 6 rings (SSSR count). The fourth-order valence-corrected chi connectivity index (χ4v) is 8.15. The molecule has 1 atom stereocenters. The molecule has 280 valence electrons. The Balaban J connectivity index is 1.03. The molecule has 4 heterocycles. The number of phenolic OH excluding ortho intramolecular Hbond substituents is 1. The Hall–Kier alpha value is -4.37. The van der Waals surface area contributed by atoms with E-state index in [0.717, 1.165) is 36.1 Å². The van der Waals surface area contributed by atoms with Gasteiger partial charge in [0, 0.05) is 89.5 Å². The smallest absolute Gasteiger partial charge is 0.410 e. The standard InChI is InChI=1S/C37H47BrN6O8/c38-29-23-25(5-6-31(29)45)24-32(35(49)42-21-19-40(20-22-42)27-10-14-41(15-11-27)33(46)7-8-34(47)48)52-37(51)43-16-12-28(13-17-43)44-18-9-26-3-1-2-4-30(26)39-36(44)50/h1-6,23,27-28,32,45H,7-22,24H2,(H,39,50)(H,47,48)/t32-/m1/s1. The van der Waals surface area contributed by atoms with E-state index >= 15 is 0 Å². The number of carboxylic acids is 1. The third-order valence-corrected chi connectivity index (χ3v) is 11.4. The lowest BCUT2D eigenvalue weighted by Crippen LogP contribution is -2.57. The molecule has 0 spiro atoms. The number of ether oxygens (including phenoxy) is 1. The van der Waals surface area contributed by atoms with Crippen LogP contribution in [0.15, 0.2) is 46.9 Å². The van der Waals surface area contributed by atoms with Gasteiger partial charge < -0.3 is 39.9 Å². The van der Waals surface area contributed by atoms with Crippen molar-refractivity contribution in [2.24, 2.45) is 0 Å². The maximum absolute atomic E-state index is 14.0. The summed E-state index contributed by atoms with van der Waals surface area (Å²) in [6.07, 6.45) is 1.88. The number of fused-ring (bicyclic) bond motifs is 1. The molecule has 3 fully saturated rings. The number of nitrogens with zero attached hydrogens (tertiary/aromatic N) is 5. The first-order valence-corrected chi connectivity index (χ1v) is 19.0. The number of benzene rings is 2. The molecule has 3 saturated heterocycles. The maximum atomic E-state index is 14.0. The number of carbonyl (C=O) groups is 5. The Morgan fingerprint density at radius 2 is 1.50 bits per heavy atom. The largest absolute Gasteiger partial charge is 0.507 e. The SMILES string of the molecule is O=C(O)CCC(=O)N1CCC(N2CCN(C(=O)[C@@H](Cc3ccc(O)c(Br)c3)OC(=O)N3CCC(N4CCc5ccccc5NC4=O)CC3)CC2)CC1. The molecule has 0 aromatic heterocycles. The van der Waals surface area contributed by atoms with Crippen LogP contribution in [0.2, 0.25) is 0 Å². The molecular formula is C37H47BrN6O8. The highest BCUT2D eigenvalue weighted by Gasteiger charge is 2.36. The summed E-state index contributed by atoms with van der Waals surface area (Å²) < 4.78 is 6.47. The van der Waals surface area contributed by atoms with Crippen LogP contribution in [0.4, 0.5) is 15.3 Å². The number of nitrogens with one attached hydrogen (secondary N) is 1. The average molecular weight is 784 g/mol. The van der Waals surface area contributed by atoms with Crippen LogP contribution in [-0.2, 0) is 32.0 Å². The zero-order valence-electron chi connectivity index (χ0n) is 29.3. The highest BCUT2D eigenvalue weighted by molar-refractivity contribution is 9.10. The number of likely N-dealkylation sites (tertiary alicyclic amines) is 2. The van der Waals surface area contributed by atoms with Gasteiger partial charge in [-0.15, -0.1) is 0 Å². The second-order valence-corrected chi connectivity index (χ2v) is 14.8. The van der Waals surface area contributed by atoms with Gasteiger partial charge in [0.15, 0.2) is 6.10 Å². The van der Waals surface area contributed by atoms with Crippen molar-refractivity contribution in [2.75, 3.05) is 64.2 Å². The minimum Gasteiger partial charge on any atom is -0.507 e. The van der Waals surface area contributed by atoms with E-state index in [9.17, 15) is 29.1 Å². The number of carboxylic acid groups (broad SMARTS) is 1. The van der Waals surface area contributed by atoms with Crippen LogP contribution in [0, 0.1) is 0 Å². The first kappa shape index (κ1) is 37.4. The molecule has 3 N–H and O–H groups in total. The van der Waals surface area contributed by atoms with Gasteiger partial charge in [0.25, 0.3) is 5.91 Å². The normalized spacial score (nSPS) is 19.8. The van der Waals surface area contributed by atoms with Gasteiger partial charge in [-0.25, -0.2) is 9.59 Å². The lowest BCUT2D eigenvalue weighted by Gasteiger charge is -2.43. The summed E-state index contributed by atoms with van der Waals surface area (Å²) in [6.45, 7) is 4.79. The van der Waals surface area contributed by atoms with E-state index in [2.05, 4.69) is 26.1 Å². The number of aromatic hydroxyl groups is 1. The number of anilines is 1. The maximum Gasteiger partial charge on any atom is 0.410 e. The average Bonchev–Trinajstić information content (AvgIpc) is 3.32. The first-order valence-electron chi connectivity index (χ1n) is 18.2. The summed E-state index contributed by atoms with van der Waals surface area (Å²) in [7, 11) is 0. The molecule has 4 aliphatic rings. The number of carbonyl (C=O) groups excluding carboxylic acids is 4. The van der Waals surface area contributed by atoms with Gasteiger partial charge >= 0.3 is 18.1 Å². The Labute approximate surface area is 311 Å². The molecular weight excluding hydrogens is 736 g/mol. The predicted molar refractivity (Wildman–Crippen MR) is 195 cm³/mol. The van der Waals surface area contributed by atoms with Gasteiger partial charge in [0.1, 0.15) is 5.75 Å². The van der Waals surface area contributed by atoms with Crippen molar-refractivity contribution in [3.8, 4) is 5.75 Å². The van der Waals surface area contributed by atoms with Crippen molar-refractivity contribution in [3.05, 3.63) is 58.1 Å². The molecule has 0 bridgehead atoms. The Morgan fingerprint density at radius 3 is 2.19 bits per heavy atom. The van der Waals surface area contributed by atoms with Crippen molar-refractivity contribution >= 4 is 51.5 Å². The van der Waals surface area contributed by atoms with Gasteiger partial charge in [-0.1, -0.05) is 24.3 Å². The molecule has 2 aromatic rings. The van der Waals surface area contributed by atoms with E-state index in [4.69, 9.17) is 9.84 Å². The van der Waals surface area contributed by atoms with E-state index in [0.29, 0.717) is 76.2 Å². The fourth-order valence-electron chi connectivity index (χ4n) is 7.73. The number of halogens is 1. The van der Waals surface area contributed by atoms with E-state index in [1.54, 1.807) is 26.8 Å².